The summed E-state index contributed by atoms with van der Waals surface area (Å²) in [5.41, 5.74) is 13.6. The minimum atomic E-state index is 0.360. The van der Waals surface area contributed by atoms with E-state index in [9.17, 15) is 0 Å². The second kappa shape index (κ2) is 8.22. The molecule has 5 aromatic carbocycles. The Labute approximate surface area is 196 Å². The molecule has 0 bridgehead atoms. The maximum Gasteiger partial charge on any atom is 0.0136 e. The lowest BCUT2D eigenvalue weighted by Crippen LogP contribution is -2.14. The van der Waals surface area contributed by atoms with Gasteiger partial charge in [-0.25, -0.2) is 0 Å². The van der Waals surface area contributed by atoms with Crippen LogP contribution in [0.25, 0.3) is 33.4 Å². The summed E-state index contributed by atoms with van der Waals surface area (Å²) in [6.07, 6.45) is 1.03. The first-order valence-electron chi connectivity index (χ1n) is 11.7. The molecule has 0 spiro atoms. The highest BCUT2D eigenvalue weighted by atomic mass is 14.3. The smallest absolute Gasteiger partial charge is 0.0136 e. The molecular formula is C33H26. The third kappa shape index (κ3) is 3.39. The van der Waals surface area contributed by atoms with E-state index in [1.165, 1.54) is 55.6 Å². The first-order valence-corrected chi connectivity index (χ1v) is 11.7. The van der Waals surface area contributed by atoms with Crippen LogP contribution in [0.3, 0.4) is 0 Å². The first-order chi connectivity index (χ1) is 16.3. The summed E-state index contributed by atoms with van der Waals surface area (Å²) in [5, 5.41) is 0. The summed E-state index contributed by atoms with van der Waals surface area (Å²) in [4.78, 5) is 0. The van der Waals surface area contributed by atoms with Crippen LogP contribution in [0.1, 0.15) is 28.2 Å². The van der Waals surface area contributed by atoms with Gasteiger partial charge in [0.05, 0.1) is 0 Å². The largest absolute Gasteiger partial charge is 0.0622 e. The zero-order chi connectivity index (χ0) is 22.2. The summed E-state index contributed by atoms with van der Waals surface area (Å²) in [7, 11) is 0. The van der Waals surface area contributed by atoms with Crippen molar-refractivity contribution < 1.29 is 0 Å². The molecule has 5 aromatic rings. The fourth-order valence-electron chi connectivity index (χ4n) is 5.53. The monoisotopic (exact) mass is 422 g/mol. The van der Waals surface area contributed by atoms with Crippen molar-refractivity contribution in [3.05, 3.63) is 144 Å². The normalized spacial score (nSPS) is 14.4. The molecule has 0 fully saturated rings. The molecule has 0 heterocycles. The van der Waals surface area contributed by atoms with E-state index in [0.717, 1.165) is 6.42 Å². The molecular weight excluding hydrogens is 396 g/mol. The second-order valence-corrected chi connectivity index (χ2v) is 8.94. The quantitative estimate of drug-likeness (QED) is 0.273. The summed E-state index contributed by atoms with van der Waals surface area (Å²) in [6.45, 7) is 2.30. The molecule has 1 aliphatic carbocycles. The number of hydrogen-bond acceptors (Lipinski definition) is 0. The molecule has 0 radical (unpaired) electrons. The Kier molecular flexibility index (Phi) is 4.92. The van der Waals surface area contributed by atoms with Crippen LogP contribution in [0.4, 0.5) is 0 Å². The maximum atomic E-state index is 2.37. The van der Waals surface area contributed by atoms with E-state index in [1.807, 2.05) is 0 Å². The highest BCUT2D eigenvalue weighted by molar-refractivity contribution is 5.93. The highest BCUT2D eigenvalue weighted by Gasteiger charge is 2.30. The fourth-order valence-corrected chi connectivity index (χ4v) is 5.53. The minimum absolute atomic E-state index is 0.360. The van der Waals surface area contributed by atoms with Crippen LogP contribution in [0, 0.1) is 6.92 Å². The Bertz CT molecular complexity index is 1410. The molecule has 0 amide bonds. The highest BCUT2D eigenvalue weighted by Crippen LogP contribution is 2.49. The second-order valence-electron chi connectivity index (χ2n) is 8.94. The van der Waals surface area contributed by atoms with Crippen LogP contribution in [-0.2, 0) is 6.42 Å². The number of fused-ring (bicyclic) bond motifs is 3. The van der Waals surface area contributed by atoms with Crippen LogP contribution >= 0.6 is 0 Å². The zero-order valence-corrected chi connectivity index (χ0v) is 18.8. The van der Waals surface area contributed by atoms with E-state index >= 15 is 0 Å². The maximum absolute atomic E-state index is 2.37. The van der Waals surface area contributed by atoms with Gasteiger partial charge >= 0.3 is 0 Å². The Morgan fingerprint density at radius 3 is 1.79 bits per heavy atom. The zero-order valence-electron chi connectivity index (χ0n) is 18.8. The van der Waals surface area contributed by atoms with Gasteiger partial charge in [-0.3, -0.25) is 0 Å². The Hall–Kier alpha value is -3.90. The van der Waals surface area contributed by atoms with Crippen molar-refractivity contribution in [1.82, 2.24) is 0 Å². The molecule has 0 aliphatic heterocycles. The van der Waals surface area contributed by atoms with Crippen LogP contribution in [0.2, 0.25) is 0 Å². The standard InChI is InChI=1S/C33H26/c1-23-28(24-12-5-2-6-13-24)21-20-27-22-31(26-16-9-4-10-17-26)30-19-11-18-29(33(30)32(23)27)25-14-7-3-8-15-25/h2-21,31H,22H2,1H3. The van der Waals surface area contributed by atoms with E-state index in [1.54, 1.807) is 0 Å². The third-order valence-electron chi connectivity index (χ3n) is 7.07. The van der Waals surface area contributed by atoms with E-state index in [4.69, 9.17) is 0 Å². The number of rotatable bonds is 3. The van der Waals surface area contributed by atoms with Crippen LogP contribution in [0.5, 0.6) is 0 Å². The van der Waals surface area contributed by atoms with E-state index < -0.39 is 0 Å². The van der Waals surface area contributed by atoms with Gasteiger partial charge in [0, 0.05) is 5.92 Å². The van der Waals surface area contributed by atoms with Crippen molar-refractivity contribution in [3.63, 3.8) is 0 Å². The topological polar surface area (TPSA) is 0 Å². The average Bonchev–Trinajstić information content (AvgIpc) is 2.89. The number of hydrogen-bond donors (Lipinski definition) is 0. The molecule has 0 heteroatoms. The molecule has 0 nitrogen and oxygen atoms in total. The van der Waals surface area contributed by atoms with Crippen molar-refractivity contribution in [1.29, 1.82) is 0 Å². The van der Waals surface area contributed by atoms with Gasteiger partial charge in [0.15, 0.2) is 0 Å². The predicted molar refractivity (Wildman–Crippen MR) is 139 cm³/mol. The van der Waals surface area contributed by atoms with Gasteiger partial charge in [-0.05, 0) is 69.0 Å². The van der Waals surface area contributed by atoms with Gasteiger partial charge in [0.25, 0.3) is 0 Å². The molecule has 6 rings (SSSR count). The van der Waals surface area contributed by atoms with Crippen LogP contribution < -0.4 is 0 Å². The van der Waals surface area contributed by atoms with Crippen molar-refractivity contribution >= 4 is 0 Å². The van der Waals surface area contributed by atoms with Gasteiger partial charge < -0.3 is 0 Å². The van der Waals surface area contributed by atoms with Crippen LogP contribution in [0.15, 0.2) is 121 Å². The third-order valence-corrected chi connectivity index (χ3v) is 7.07. The van der Waals surface area contributed by atoms with Gasteiger partial charge in [-0.2, -0.15) is 0 Å². The lowest BCUT2D eigenvalue weighted by Gasteiger charge is -2.32. The molecule has 158 valence electrons. The minimum Gasteiger partial charge on any atom is -0.0622 e. The van der Waals surface area contributed by atoms with Gasteiger partial charge in [0.1, 0.15) is 0 Å². The number of benzene rings is 5. The molecule has 33 heavy (non-hydrogen) atoms. The van der Waals surface area contributed by atoms with Crippen molar-refractivity contribution in [2.75, 3.05) is 0 Å². The molecule has 0 N–H and O–H groups in total. The van der Waals surface area contributed by atoms with E-state index in [2.05, 4.69) is 128 Å². The summed E-state index contributed by atoms with van der Waals surface area (Å²) in [6, 6.07) is 44.2. The molecule has 1 unspecified atom stereocenters. The Balaban J connectivity index is 1.65. The fraction of sp³-hybridized carbons (Fsp3) is 0.0909. The lowest BCUT2D eigenvalue weighted by atomic mass is 9.71. The molecule has 0 saturated heterocycles. The van der Waals surface area contributed by atoms with Crippen molar-refractivity contribution in [2.24, 2.45) is 0 Å². The molecule has 1 aliphatic rings. The summed E-state index contributed by atoms with van der Waals surface area (Å²) >= 11 is 0. The molecule has 0 aromatic heterocycles. The average molecular weight is 423 g/mol. The predicted octanol–water partition coefficient (Wildman–Crippen LogP) is 8.68. The lowest BCUT2D eigenvalue weighted by molar-refractivity contribution is 0.793. The van der Waals surface area contributed by atoms with Gasteiger partial charge in [-0.15, -0.1) is 0 Å². The Morgan fingerprint density at radius 2 is 1.12 bits per heavy atom. The van der Waals surface area contributed by atoms with Crippen LogP contribution in [-0.4, -0.2) is 0 Å². The Morgan fingerprint density at radius 1 is 0.515 bits per heavy atom. The summed E-state index contributed by atoms with van der Waals surface area (Å²) < 4.78 is 0. The van der Waals surface area contributed by atoms with E-state index in [0.29, 0.717) is 5.92 Å². The van der Waals surface area contributed by atoms with Crippen molar-refractivity contribution in [2.45, 2.75) is 19.3 Å². The van der Waals surface area contributed by atoms with Crippen molar-refractivity contribution in [3.8, 4) is 33.4 Å². The first kappa shape index (κ1) is 19.8. The molecule has 1 atom stereocenters. The van der Waals surface area contributed by atoms with E-state index in [-0.39, 0.29) is 0 Å². The summed E-state index contributed by atoms with van der Waals surface area (Å²) in [5.74, 6) is 0.360. The van der Waals surface area contributed by atoms with Gasteiger partial charge in [0.2, 0.25) is 0 Å². The SMILES string of the molecule is Cc1c(-c2ccccc2)ccc2c1-c1c(-c3ccccc3)cccc1C(c1ccccc1)C2. The molecule has 0 saturated carbocycles. The van der Waals surface area contributed by atoms with Gasteiger partial charge in [-0.1, -0.05) is 121 Å².